The summed E-state index contributed by atoms with van der Waals surface area (Å²) < 4.78 is 0. The van der Waals surface area contributed by atoms with Crippen molar-refractivity contribution in [1.29, 1.82) is 0 Å². The minimum Gasteiger partial charge on any atom is -0.508 e. The Morgan fingerprint density at radius 3 is 2.82 bits per heavy atom. The molecule has 1 saturated carbocycles. The van der Waals surface area contributed by atoms with Crippen LogP contribution >= 0.6 is 0 Å². The summed E-state index contributed by atoms with van der Waals surface area (Å²) in [5.74, 6) is 0.350. The van der Waals surface area contributed by atoms with E-state index in [0.29, 0.717) is 25.6 Å². The van der Waals surface area contributed by atoms with Gasteiger partial charge in [-0.1, -0.05) is 12.1 Å². The molecule has 1 amide bonds. The lowest BCUT2D eigenvalue weighted by atomic mass is 10.2. The highest BCUT2D eigenvalue weighted by atomic mass is 16.3. The first-order chi connectivity index (χ1) is 8.20. The van der Waals surface area contributed by atoms with Gasteiger partial charge in [0.25, 0.3) is 0 Å². The molecule has 17 heavy (non-hydrogen) atoms. The van der Waals surface area contributed by atoms with Crippen LogP contribution < -0.4 is 5.73 Å². The summed E-state index contributed by atoms with van der Waals surface area (Å²) >= 11 is 0. The highest BCUT2D eigenvalue weighted by Crippen LogP contribution is 2.29. The van der Waals surface area contributed by atoms with Crippen LogP contribution in [0.1, 0.15) is 24.8 Å². The van der Waals surface area contributed by atoms with E-state index >= 15 is 0 Å². The summed E-state index contributed by atoms with van der Waals surface area (Å²) in [7, 11) is 0. The van der Waals surface area contributed by atoms with E-state index in [2.05, 4.69) is 0 Å². The van der Waals surface area contributed by atoms with Crippen LogP contribution in [0, 0.1) is 0 Å². The summed E-state index contributed by atoms with van der Waals surface area (Å²) in [4.78, 5) is 13.8. The molecular formula is C13H18N2O2. The maximum atomic E-state index is 11.9. The summed E-state index contributed by atoms with van der Waals surface area (Å²) in [6, 6.07) is 7.42. The first kappa shape index (κ1) is 11.9. The SMILES string of the molecule is NCCC(=O)N(Cc1cccc(O)c1)C1CC1. The minimum atomic E-state index is 0.110. The Morgan fingerprint density at radius 2 is 2.24 bits per heavy atom. The van der Waals surface area contributed by atoms with E-state index in [1.807, 2.05) is 11.0 Å². The van der Waals surface area contributed by atoms with E-state index in [0.717, 1.165) is 18.4 Å². The number of phenolic OH excluding ortho intramolecular Hbond substituents is 1. The number of amides is 1. The molecule has 4 nitrogen and oxygen atoms in total. The number of hydrogen-bond acceptors (Lipinski definition) is 3. The number of aromatic hydroxyl groups is 1. The highest BCUT2D eigenvalue weighted by Gasteiger charge is 2.31. The van der Waals surface area contributed by atoms with Crippen molar-refractivity contribution in [3.63, 3.8) is 0 Å². The fraction of sp³-hybridized carbons (Fsp3) is 0.462. The molecule has 0 unspecified atom stereocenters. The van der Waals surface area contributed by atoms with Crippen LogP contribution in [0.15, 0.2) is 24.3 Å². The second-order valence-electron chi connectivity index (χ2n) is 4.46. The monoisotopic (exact) mass is 234 g/mol. The molecule has 92 valence electrons. The summed E-state index contributed by atoms with van der Waals surface area (Å²) in [5, 5.41) is 9.40. The molecule has 1 fully saturated rings. The van der Waals surface area contributed by atoms with Gasteiger partial charge >= 0.3 is 0 Å². The molecule has 0 atom stereocenters. The van der Waals surface area contributed by atoms with Crippen LogP contribution in [0.2, 0.25) is 0 Å². The van der Waals surface area contributed by atoms with E-state index in [-0.39, 0.29) is 11.7 Å². The third-order valence-corrected chi connectivity index (χ3v) is 2.93. The summed E-state index contributed by atoms with van der Waals surface area (Å²) in [6.07, 6.45) is 2.56. The summed E-state index contributed by atoms with van der Waals surface area (Å²) in [6.45, 7) is 0.958. The second-order valence-corrected chi connectivity index (χ2v) is 4.46. The molecule has 4 heteroatoms. The lowest BCUT2D eigenvalue weighted by Gasteiger charge is -2.22. The van der Waals surface area contributed by atoms with Gasteiger partial charge in [-0.05, 0) is 30.5 Å². The Kier molecular flexibility index (Phi) is 3.64. The zero-order valence-electron chi connectivity index (χ0n) is 9.80. The number of rotatable bonds is 5. The van der Waals surface area contributed by atoms with Gasteiger partial charge in [0.1, 0.15) is 5.75 Å². The van der Waals surface area contributed by atoms with Crippen molar-refractivity contribution in [2.75, 3.05) is 6.54 Å². The van der Waals surface area contributed by atoms with Crippen LogP contribution in [0.5, 0.6) is 5.75 Å². The Hall–Kier alpha value is -1.55. The molecule has 0 spiro atoms. The first-order valence-electron chi connectivity index (χ1n) is 5.98. The van der Waals surface area contributed by atoms with Gasteiger partial charge in [-0.2, -0.15) is 0 Å². The maximum Gasteiger partial charge on any atom is 0.224 e. The molecule has 1 aliphatic rings. The van der Waals surface area contributed by atoms with Crippen LogP contribution in [0.25, 0.3) is 0 Å². The number of hydrogen-bond donors (Lipinski definition) is 2. The zero-order chi connectivity index (χ0) is 12.3. The molecule has 0 aromatic heterocycles. The van der Waals surface area contributed by atoms with Gasteiger partial charge in [-0.3, -0.25) is 4.79 Å². The molecule has 0 radical (unpaired) electrons. The Balaban J connectivity index is 2.05. The van der Waals surface area contributed by atoms with Gasteiger partial charge in [0.05, 0.1) is 0 Å². The van der Waals surface area contributed by atoms with Crippen molar-refractivity contribution >= 4 is 5.91 Å². The van der Waals surface area contributed by atoms with Gasteiger partial charge in [-0.25, -0.2) is 0 Å². The molecule has 0 bridgehead atoms. The lowest BCUT2D eigenvalue weighted by Crippen LogP contribution is -2.33. The fourth-order valence-corrected chi connectivity index (χ4v) is 1.93. The molecule has 0 heterocycles. The largest absolute Gasteiger partial charge is 0.508 e. The Labute approximate surface area is 101 Å². The first-order valence-corrected chi connectivity index (χ1v) is 5.98. The number of benzene rings is 1. The molecule has 1 aromatic carbocycles. The third kappa shape index (κ3) is 3.20. The average molecular weight is 234 g/mol. The highest BCUT2D eigenvalue weighted by molar-refractivity contribution is 5.77. The topological polar surface area (TPSA) is 66.6 Å². The van der Waals surface area contributed by atoms with Crippen LogP contribution in [-0.2, 0) is 11.3 Å². The predicted molar refractivity (Wildman–Crippen MR) is 65.4 cm³/mol. The van der Waals surface area contributed by atoms with E-state index < -0.39 is 0 Å². The Morgan fingerprint density at radius 1 is 1.47 bits per heavy atom. The van der Waals surface area contributed by atoms with Gasteiger partial charge in [-0.15, -0.1) is 0 Å². The van der Waals surface area contributed by atoms with Crippen molar-refractivity contribution in [2.45, 2.75) is 31.8 Å². The quantitative estimate of drug-likeness (QED) is 0.805. The van der Waals surface area contributed by atoms with E-state index in [9.17, 15) is 9.90 Å². The molecule has 2 rings (SSSR count). The van der Waals surface area contributed by atoms with E-state index in [4.69, 9.17) is 5.73 Å². The smallest absolute Gasteiger partial charge is 0.224 e. The third-order valence-electron chi connectivity index (χ3n) is 2.93. The zero-order valence-corrected chi connectivity index (χ0v) is 9.80. The van der Waals surface area contributed by atoms with Crippen LogP contribution in [-0.4, -0.2) is 28.5 Å². The molecular weight excluding hydrogens is 216 g/mol. The van der Waals surface area contributed by atoms with Gasteiger partial charge < -0.3 is 15.7 Å². The number of nitrogens with two attached hydrogens (primary N) is 1. The van der Waals surface area contributed by atoms with Crippen molar-refractivity contribution in [3.05, 3.63) is 29.8 Å². The number of phenols is 1. The summed E-state index contributed by atoms with van der Waals surface area (Å²) in [5.41, 5.74) is 6.38. The number of nitrogens with zero attached hydrogens (tertiary/aromatic N) is 1. The van der Waals surface area contributed by atoms with Crippen molar-refractivity contribution in [3.8, 4) is 5.75 Å². The standard InChI is InChI=1S/C13H18N2O2/c14-7-6-13(17)15(11-4-5-11)9-10-2-1-3-12(16)8-10/h1-3,8,11,16H,4-7,9,14H2. The lowest BCUT2D eigenvalue weighted by molar-refractivity contribution is -0.132. The van der Waals surface area contributed by atoms with E-state index in [1.165, 1.54) is 0 Å². The van der Waals surface area contributed by atoms with Crippen molar-refractivity contribution in [2.24, 2.45) is 5.73 Å². The van der Waals surface area contributed by atoms with E-state index in [1.54, 1.807) is 18.2 Å². The molecule has 3 N–H and O–H groups in total. The normalized spacial score (nSPS) is 14.6. The predicted octanol–water partition coefficient (Wildman–Crippen LogP) is 1.23. The van der Waals surface area contributed by atoms with Gasteiger partial charge in [0, 0.05) is 25.6 Å². The second kappa shape index (κ2) is 5.19. The maximum absolute atomic E-state index is 11.9. The van der Waals surface area contributed by atoms with Crippen LogP contribution in [0.3, 0.4) is 0 Å². The van der Waals surface area contributed by atoms with Crippen molar-refractivity contribution in [1.82, 2.24) is 4.90 Å². The minimum absolute atomic E-state index is 0.110. The van der Waals surface area contributed by atoms with Crippen LogP contribution in [0.4, 0.5) is 0 Å². The molecule has 1 aromatic rings. The number of carbonyl (C=O) groups excluding carboxylic acids is 1. The molecule has 0 aliphatic heterocycles. The fourth-order valence-electron chi connectivity index (χ4n) is 1.93. The molecule has 0 saturated heterocycles. The van der Waals surface area contributed by atoms with Crippen molar-refractivity contribution < 1.29 is 9.90 Å². The Bertz CT molecular complexity index is 402. The number of carbonyl (C=O) groups is 1. The average Bonchev–Trinajstić information content (AvgIpc) is 3.10. The van der Waals surface area contributed by atoms with Gasteiger partial charge in [0.15, 0.2) is 0 Å². The van der Waals surface area contributed by atoms with Gasteiger partial charge in [0.2, 0.25) is 5.91 Å². The molecule has 1 aliphatic carbocycles.